The van der Waals surface area contributed by atoms with Crippen molar-refractivity contribution in [1.29, 1.82) is 0 Å². The highest BCUT2D eigenvalue weighted by atomic mass is 16.5. The summed E-state index contributed by atoms with van der Waals surface area (Å²) in [6.45, 7) is 6.31. The molecule has 0 aromatic rings. The molecular formula is C9H19NO. The Morgan fingerprint density at radius 2 is 2.36 bits per heavy atom. The average Bonchev–Trinajstić information content (AvgIpc) is 2.17. The minimum absolute atomic E-state index is 0.400. The molecule has 0 aromatic carbocycles. The van der Waals surface area contributed by atoms with Crippen molar-refractivity contribution < 1.29 is 4.74 Å². The Labute approximate surface area is 69.3 Å². The van der Waals surface area contributed by atoms with E-state index in [-0.39, 0.29) is 0 Å². The Kier molecular flexibility index (Phi) is 3.87. The van der Waals surface area contributed by atoms with E-state index >= 15 is 0 Å². The maximum Gasteiger partial charge on any atom is 0.0671 e. The van der Waals surface area contributed by atoms with Gasteiger partial charge >= 0.3 is 0 Å². The van der Waals surface area contributed by atoms with Gasteiger partial charge in [0, 0.05) is 19.2 Å². The molecule has 0 bridgehead atoms. The topological polar surface area (TPSA) is 21.3 Å². The van der Waals surface area contributed by atoms with Crippen molar-refractivity contribution in [3.05, 3.63) is 0 Å². The largest absolute Gasteiger partial charge is 0.377 e. The molecular weight excluding hydrogens is 138 g/mol. The molecule has 2 nitrogen and oxygen atoms in total. The molecule has 2 unspecified atom stereocenters. The van der Waals surface area contributed by atoms with Crippen molar-refractivity contribution in [3.8, 4) is 0 Å². The lowest BCUT2D eigenvalue weighted by Crippen LogP contribution is -2.31. The van der Waals surface area contributed by atoms with Crippen LogP contribution in [0.5, 0.6) is 0 Å². The molecule has 1 N–H and O–H groups in total. The molecule has 2 heteroatoms. The van der Waals surface area contributed by atoms with Crippen LogP contribution in [-0.2, 0) is 4.74 Å². The molecule has 1 aliphatic heterocycles. The summed E-state index contributed by atoms with van der Waals surface area (Å²) in [6.07, 6.45) is 4.14. The van der Waals surface area contributed by atoms with Crippen molar-refractivity contribution in [2.24, 2.45) is 0 Å². The zero-order valence-corrected chi connectivity index (χ0v) is 7.60. The van der Waals surface area contributed by atoms with Gasteiger partial charge in [0.25, 0.3) is 0 Å². The van der Waals surface area contributed by atoms with Crippen molar-refractivity contribution in [2.45, 2.75) is 45.3 Å². The van der Waals surface area contributed by atoms with E-state index in [0.717, 1.165) is 13.2 Å². The number of hydrogen-bond donors (Lipinski definition) is 1. The lowest BCUT2D eigenvalue weighted by molar-refractivity contribution is 0.0797. The molecule has 1 aliphatic rings. The Hall–Kier alpha value is -0.0800. The molecule has 0 radical (unpaired) electrons. The summed E-state index contributed by atoms with van der Waals surface area (Å²) in [5.74, 6) is 0. The summed E-state index contributed by atoms with van der Waals surface area (Å²) in [6, 6.07) is 0.699. The summed E-state index contributed by atoms with van der Waals surface area (Å²) >= 11 is 0. The van der Waals surface area contributed by atoms with Crippen LogP contribution in [0.25, 0.3) is 0 Å². The molecule has 0 aromatic heterocycles. The molecule has 2 atom stereocenters. The van der Waals surface area contributed by atoms with Gasteiger partial charge in [0.15, 0.2) is 0 Å². The third kappa shape index (κ3) is 3.21. The van der Waals surface area contributed by atoms with Crippen LogP contribution in [0, 0.1) is 0 Å². The predicted molar refractivity (Wildman–Crippen MR) is 46.7 cm³/mol. The van der Waals surface area contributed by atoms with Crippen LogP contribution in [-0.4, -0.2) is 25.3 Å². The fraction of sp³-hybridized carbons (Fsp3) is 1.00. The van der Waals surface area contributed by atoms with E-state index in [2.05, 4.69) is 19.2 Å². The second kappa shape index (κ2) is 4.73. The van der Waals surface area contributed by atoms with Gasteiger partial charge in [0.1, 0.15) is 0 Å². The van der Waals surface area contributed by atoms with Crippen LogP contribution in [0.3, 0.4) is 0 Å². The predicted octanol–water partition coefficient (Wildman–Crippen LogP) is 1.55. The van der Waals surface area contributed by atoms with Gasteiger partial charge in [-0.15, -0.1) is 0 Å². The zero-order valence-electron chi connectivity index (χ0n) is 7.60. The quantitative estimate of drug-likeness (QED) is 0.656. The van der Waals surface area contributed by atoms with Crippen LogP contribution in [0.15, 0.2) is 0 Å². The highest BCUT2D eigenvalue weighted by Crippen LogP contribution is 2.06. The Balaban J connectivity index is 2.22. The van der Waals surface area contributed by atoms with Gasteiger partial charge in [-0.3, -0.25) is 0 Å². The highest BCUT2D eigenvalue weighted by molar-refractivity contribution is 4.71. The molecule has 1 heterocycles. The number of ether oxygens (including phenoxy) is 1. The summed E-state index contributed by atoms with van der Waals surface area (Å²) in [7, 11) is 0. The van der Waals surface area contributed by atoms with Crippen LogP contribution >= 0.6 is 0 Å². The van der Waals surface area contributed by atoms with Gasteiger partial charge in [-0.25, -0.2) is 0 Å². The van der Waals surface area contributed by atoms with Crippen LogP contribution in [0.4, 0.5) is 0 Å². The molecule has 1 fully saturated rings. The number of rotatable bonds is 2. The highest BCUT2D eigenvalue weighted by Gasteiger charge is 2.13. The molecule has 0 aliphatic carbocycles. The normalized spacial score (nSPS) is 33.3. The van der Waals surface area contributed by atoms with Gasteiger partial charge in [0.2, 0.25) is 0 Å². The Morgan fingerprint density at radius 3 is 3.09 bits per heavy atom. The van der Waals surface area contributed by atoms with Crippen LogP contribution in [0.1, 0.15) is 33.1 Å². The van der Waals surface area contributed by atoms with Gasteiger partial charge in [-0.05, 0) is 19.8 Å². The summed E-state index contributed by atoms with van der Waals surface area (Å²) in [5.41, 5.74) is 0. The monoisotopic (exact) mass is 157 g/mol. The standard InChI is InChI=1S/C9H19NO/c1-3-4-9-5-6-11-8(2)7-10-9/h8-10H,3-7H2,1-2H3. The maximum absolute atomic E-state index is 5.52. The van der Waals surface area contributed by atoms with E-state index < -0.39 is 0 Å². The molecule has 0 spiro atoms. The third-order valence-corrected chi connectivity index (χ3v) is 2.20. The van der Waals surface area contributed by atoms with E-state index in [1.54, 1.807) is 0 Å². The molecule has 11 heavy (non-hydrogen) atoms. The summed E-state index contributed by atoms with van der Waals surface area (Å²) < 4.78 is 5.52. The van der Waals surface area contributed by atoms with Crippen molar-refractivity contribution in [3.63, 3.8) is 0 Å². The summed E-state index contributed by atoms with van der Waals surface area (Å²) in [4.78, 5) is 0. The molecule has 0 amide bonds. The van der Waals surface area contributed by atoms with Crippen molar-refractivity contribution in [1.82, 2.24) is 5.32 Å². The van der Waals surface area contributed by atoms with E-state index in [0.29, 0.717) is 12.1 Å². The van der Waals surface area contributed by atoms with Gasteiger partial charge < -0.3 is 10.1 Å². The Bertz CT molecular complexity index is 106. The maximum atomic E-state index is 5.52. The lowest BCUT2D eigenvalue weighted by Gasteiger charge is -2.13. The minimum atomic E-state index is 0.400. The second-order valence-electron chi connectivity index (χ2n) is 3.36. The average molecular weight is 157 g/mol. The van der Waals surface area contributed by atoms with Crippen LogP contribution in [0.2, 0.25) is 0 Å². The van der Waals surface area contributed by atoms with E-state index in [9.17, 15) is 0 Å². The third-order valence-electron chi connectivity index (χ3n) is 2.20. The number of hydrogen-bond acceptors (Lipinski definition) is 2. The summed E-state index contributed by atoms with van der Waals surface area (Å²) in [5, 5.41) is 3.51. The Morgan fingerprint density at radius 1 is 1.55 bits per heavy atom. The SMILES string of the molecule is CCCC1CCOC(C)CN1. The van der Waals surface area contributed by atoms with E-state index in [1.807, 2.05) is 0 Å². The van der Waals surface area contributed by atoms with Gasteiger partial charge in [0.05, 0.1) is 6.10 Å². The first-order chi connectivity index (χ1) is 5.33. The smallest absolute Gasteiger partial charge is 0.0671 e. The molecule has 0 saturated carbocycles. The van der Waals surface area contributed by atoms with Crippen molar-refractivity contribution in [2.75, 3.05) is 13.2 Å². The van der Waals surface area contributed by atoms with Gasteiger partial charge in [-0.1, -0.05) is 13.3 Å². The molecule has 66 valence electrons. The lowest BCUT2D eigenvalue weighted by atomic mass is 10.1. The van der Waals surface area contributed by atoms with Crippen LogP contribution < -0.4 is 5.32 Å². The fourth-order valence-corrected chi connectivity index (χ4v) is 1.50. The molecule has 1 rings (SSSR count). The van der Waals surface area contributed by atoms with E-state index in [1.165, 1.54) is 19.3 Å². The second-order valence-corrected chi connectivity index (χ2v) is 3.36. The first kappa shape index (κ1) is 9.01. The first-order valence-corrected chi connectivity index (χ1v) is 4.68. The zero-order chi connectivity index (χ0) is 8.10. The minimum Gasteiger partial charge on any atom is -0.377 e. The van der Waals surface area contributed by atoms with E-state index in [4.69, 9.17) is 4.74 Å². The van der Waals surface area contributed by atoms with Gasteiger partial charge in [-0.2, -0.15) is 0 Å². The van der Waals surface area contributed by atoms with Crippen molar-refractivity contribution >= 4 is 0 Å². The molecule has 1 saturated heterocycles. The number of nitrogens with one attached hydrogen (secondary N) is 1. The fourth-order valence-electron chi connectivity index (χ4n) is 1.50. The first-order valence-electron chi connectivity index (χ1n) is 4.68.